The van der Waals surface area contributed by atoms with Crippen LogP contribution in [-0.2, 0) is 6.54 Å². The van der Waals surface area contributed by atoms with Gasteiger partial charge in [0.25, 0.3) is 5.91 Å². The maximum absolute atomic E-state index is 12.6. The Balaban J connectivity index is 1.69. The first-order valence-electron chi connectivity index (χ1n) is 8.95. The molecule has 2 aromatic heterocycles. The lowest BCUT2D eigenvalue weighted by atomic mass is 10.1. The molecule has 0 spiro atoms. The van der Waals surface area contributed by atoms with Crippen LogP contribution in [0.2, 0.25) is 0 Å². The highest BCUT2D eigenvalue weighted by Crippen LogP contribution is 2.24. The predicted octanol–water partition coefficient (Wildman–Crippen LogP) is 3.95. The van der Waals surface area contributed by atoms with E-state index in [-0.39, 0.29) is 11.6 Å². The molecule has 0 radical (unpaired) electrons. The van der Waals surface area contributed by atoms with Gasteiger partial charge in [0.2, 0.25) is 0 Å². The Hall–Kier alpha value is -3.80. The van der Waals surface area contributed by atoms with Crippen LogP contribution in [-0.4, -0.2) is 25.7 Å². The number of carbonyl (C=O) groups excluding carboxylic acids is 1. The van der Waals surface area contributed by atoms with E-state index in [9.17, 15) is 4.79 Å². The number of anilines is 1. The van der Waals surface area contributed by atoms with Crippen LogP contribution in [0.5, 0.6) is 0 Å². The highest BCUT2D eigenvalue weighted by molar-refractivity contribution is 6.02. The molecule has 28 heavy (non-hydrogen) atoms. The van der Waals surface area contributed by atoms with Crippen molar-refractivity contribution in [3.63, 3.8) is 0 Å². The van der Waals surface area contributed by atoms with Gasteiger partial charge in [-0.1, -0.05) is 54.1 Å². The van der Waals surface area contributed by atoms with Crippen LogP contribution in [0.1, 0.15) is 21.6 Å². The maximum atomic E-state index is 12.6. The van der Waals surface area contributed by atoms with E-state index in [0.717, 1.165) is 22.4 Å². The minimum Gasteiger partial charge on any atom is -0.305 e. The number of nitrogens with one attached hydrogen (secondary N) is 1. The molecule has 0 aliphatic rings. The lowest BCUT2D eigenvalue weighted by molar-refractivity contribution is 0.102. The summed E-state index contributed by atoms with van der Waals surface area (Å²) < 4.78 is 1.79. The molecule has 0 saturated heterocycles. The lowest BCUT2D eigenvalue weighted by Gasteiger charge is -2.08. The molecular weight excluding hydrogens is 350 g/mol. The quantitative estimate of drug-likeness (QED) is 0.578. The third-order valence-electron chi connectivity index (χ3n) is 4.31. The highest BCUT2D eigenvalue weighted by Gasteiger charge is 2.15. The first-order valence-corrected chi connectivity index (χ1v) is 8.95. The summed E-state index contributed by atoms with van der Waals surface area (Å²) in [6.07, 6.45) is 4.47. The summed E-state index contributed by atoms with van der Waals surface area (Å²) in [6, 6.07) is 20.0. The number of nitrogens with zero attached hydrogens (tertiary/aromatic N) is 4. The minimum atomic E-state index is -0.321. The topological polar surface area (TPSA) is 72.7 Å². The van der Waals surface area contributed by atoms with Gasteiger partial charge in [-0.25, -0.2) is 9.67 Å². The molecule has 6 heteroatoms. The number of aromatic nitrogens is 4. The Morgan fingerprint density at radius 3 is 2.64 bits per heavy atom. The lowest BCUT2D eigenvalue weighted by Crippen LogP contribution is -2.17. The molecule has 2 heterocycles. The van der Waals surface area contributed by atoms with Gasteiger partial charge in [0, 0.05) is 24.0 Å². The summed E-state index contributed by atoms with van der Waals surface area (Å²) in [5.41, 5.74) is 4.31. The van der Waals surface area contributed by atoms with E-state index in [4.69, 9.17) is 5.10 Å². The molecule has 0 unspecified atom stereocenters. The van der Waals surface area contributed by atoms with E-state index < -0.39 is 0 Å². The fourth-order valence-electron chi connectivity index (χ4n) is 2.94. The van der Waals surface area contributed by atoms with Crippen LogP contribution >= 0.6 is 0 Å². The van der Waals surface area contributed by atoms with Gasteiger partial charge in [0.15, 0.2) is 0 Å². The Labute approximate surface area is 162 Å². The molecule has 0 fully saturated rings. The van der Waals surface area contributed by atoms with Gasteiger partial charge in [0.05, 0.1) is 18.4 Å². The van der Waals surface area contributed by atoms with Crippen molar-refractivity contribution in [2.24, 2.45) is 0 Å². The number of hydrogen-bond donors (Lipinski definition) is 1. The minimum absolute atomic E-state index is 0.257. The second-order valence-corrected chi connectivity index (χ2v) is 6.47. The molecule has 0 aliphatic heterocycles. The van der Waals surface area contributed by atoms with E-state index >= 15 is 0 Å². The molecule has 4 aromatic rings. The van der Waals surface area contributed by atoms with Gasteiger partial charge in [0.1, 0.15) is 11.5 Å². The largest absolute Gasteiger partial charge is 0.305 e. The van der Waals surface area contributed by atoms with E-state index in [0.29, 0.717) is 12.4 Å². The van der Waals surface area contributed by atoms with Gasteiger partial charge in [-0.05, 0) is 18.6 Å². The van der Waals surface area contributed by atoms with Crippen molar-refractivity contribution >= 4 is 11.7 Å². The van der Waals surface area contributed by atoms with Crippen molar-refractivity contribution in [3.05, 3.63) is 96.1 Å². The summed E-state index contributed by atoms with van der Waals surface area (Å²) in [7, 11) is 0. The zero-order chi connectivity index (χ0) is 19.3. The Morgan fingerprint density at radius 2 is 1.89 bits per heavy atom. The molecule has 138 valence electrons. The molecule has 4 rings (SSSR count). The van der Waals surface area contributed by atoms with E-state index in [1.807, 2.05) is 61.5 Å². The molecule has 0 saturated carbocycles. The van der Waals surface area contributed by atoms with Gasteiger partial charge in [-0.15, -0.1) is 0 Å². The van der Waals surface area contributed by atoms with Crippen molar-refractivity contribution < 1.29 is 4.79 Å². The molecule has 0 aliphatic carbocycles. The molecule has 6 nitrogen and oxygen atoms in total. The van der Waals surface area contributed by atoms with Crippen molar-refractivity contribution in [2.75, 3.05) is 5.32 Å². The van der Waals surface area contributed by atoms with Crippen LogP contribution in [0.4, 0.5) is 5.82 Å². The van der Waals surface area contributed by atoms with Gasteiger partial charge in [-0.3, -0.25) is 9.78 Å². The van der Waals surface area contributed by atoms with E-state index in [2.05, 4.69) is 21.4 Å². The summed E-state index contributed by atoms with van der Waals surface area (Å²) >= 11 is 0. The number of carbonyl (C=O) groups is 1. The third-order valence-corrected chi connectivity index (χ3v) is 4.31. The standard InChI is InChI=1S/C22H19N5O/c1-16-6-5-9-18(12-16)19-13-21(25-22(28)20-14-23-10-11-24-20)27(26-19)15-17-7-3-2-4-8-17/h2-14H,15H2,1H3,(H,25,28). The van der Waals surface area contributed by atoms with Gasteiger partial charge in [-0.2, -0.15) is 5.10 Å². The molecular formula is C22H19N5O. The first-order chi connectivity index (χ1) is 13.7. The average Bonchev–Trinajstić information content (AvgIpc) is 3.12. The third kappa shape index (κ3) is 3.96. The summed E-state index contributed by atoms with van der Waals surface area (Å²) in [5.74, 6) is 0.286. The summed E-state index contributed by atoms with van der Waals surface area (Å²) in [5, 5.41) is 7.64. The number of rotatable bonds is 5. The first kappa shape index (κ1) is 17.6. The van der Waals surface area contributed by atoms with Gasteiger partial charge < -0.3 is 5.32 Å². The summed E-state index contributed by atoms with van der Waals surface area (Å²) in [4.78, 5) is 20.6. The summed E-state index contributed by atoms with van der Waals surface area (Å²) in [6.45, 7) is 2.59. The second-order valence-electron chi connectivity index (χ2n) is 6.47. The second kappa shape index (κ2) is 7.84. The normalized spacial score (nSPS) is 10.6. The van der Waals surface area contributed by atoms with Crippen molar-refractivity contribution in [1.29, 1.82) is 0 Å². The number of benzene rings is 2. The number of aryl methyl sites for hydroxylation is 1. The molecule has 1 amide bonds. The molecule has 0 bridgehead atoms. The van der Waals surface area contributed by atoms with Crippen molar-refractivity contribution in [2.45, 2.75) is 13.5 Å². The Bertz CT molecular complexity index is 1090. The fraction of sp³-hybridized carbons (Fsp3) is 0.0909. The molecule has 2 aromatic carbocycles. The van der Waals surface area contributed by atoms with Crippen LogP contribution in [0.3, 0.4) is 0 Å². The van der Waals surface area contributed by atoms with Crippen LogP contribution in [0, 0.1) is 6.92 Å². The molecule has 0 atom stereocenters. The van der Waals surface area contributed by atoms with Crippen molar-refractivity contribution in [3.8, 4) is 11.3 Å². The van der Waals surface area contributed by atoms with Gasteiger partial charge >= 0.3 is 0 Å². The Kier molecular flexibility index (Phi) is 4.93. The average molecular weight is 369 g/mol. The zero-order valence-corrected chi connectivity index (χ0v) is 15.4. The predicted molar refractivity (Wildman–Crippen MR) is 108 cm³/mol. The number of amides is 1. The zero-order valence-electron chi connectivity index (χ0n) is 15.4. The van der Waals surface area contributed by atoms with E-state index in [1.165, 1.54) is 18.6 Å². The van der Waals surface area contributed by atoms with Crippen LogP contribution in [0.15, 0.2) is 79.3 Å². The van der Waals surface area contributed by atoms with Crippen LogP contribution < -0.4 is 5.32 Å². The van der Waals surface area contributed by atoms with E-state index in [1.54, 1.807) is 4.68 Å². The SMILES string of the molecule is Cc1cccc(-c2cc(NC(=O)c3cnccn3)n(Cc3ccccc3)n2)c1. The maximum Gasteiger partial charge on any atom is 0.277 e. The number of hydrogen-bond acceptors (Lipinski definition) is 4. The fourth-order valence-corrected chi connectivity index (χ4v) is 2.94. The highest BCUT2D eigenvalue weighted by atomic mass is 16.2. The van der Waals surface area contributed by atoms with Crippen LogP contribution in [0.25, 0.3) is 11.3 Å². The smallest absolute Gasteiger partial charge is 0.277 e. The molecule has 1 N–H and O–H groups in total. The monoisotopic (exact) mass is 369 g/mol. The Morgan fingerprint density at radius 1 is 1.04 bits per heavy atom. The van der Waals surface area contributed by atoms with Crippen molar-refractivity contribution in [1.82, 2.24) is 19.7 Å².